The van der Waals surface area contributed by atoms with Gasteiger partial charge in [0.2, 0.25) is 5.91 Å². The van der Waals surface area contributed by atoms with Crippen LogP contribution in [0.2, 0.25) is 0 Å². The Bertz CT molecular complexity index is 789. The minimum atomic E-state index is -0.993. The summed E-state index contributed by atoms with van der Waals surface area (Å²) in [7, 11) is 0. The van der Waals surface area contributed by atoms with Crippen molar-refractivity contribution >= 4 is 35.2 Å². The van der Waals surface area contributed by atoms with Crippen LogP contribution < -0.4 is 5.32 Å². The summed E-state index contributed by atoms with van der Waals surface area (Å²) >= 11 is 1.57. The predicted molar refractivity (Wildman–Crippen MR) is 96.1 cm³/mol. The molecule has 0 aromatic heterocycles. The third kappa shape index (κ3) is 3.40. The third-order valence-electron chi connectivity index (χ3n) is 4.66. The first-order chi connectivity index (χ1) is 12.3. The van der Waals surface area contributed by atoms with Gasteiger partial charge in [-0.15, -0.1) is 11.8 Å². The van der Waals surface area contributed by atoms with Crippen LogP contribution in [0.15, 0.2) is 24.3 Å². The lowest BCUT2D eigenvalue weighted by Crippen LogP contribution is -2.48. The normalized spacial score (nSPS) is 25.3. The van der Waals surface area contributed by atoms with Crippen molar-refractivity contribution in [2.24, 2.45) is 0 Å². The number of hydrogen-bond acceptors (Lipinski definition) is 6. The molecule has 3 atom stereocenters. The zero-order chi connectivity index (χ0) is 18.9. The first-order valence-electron chi connectivity index (χ1n) is 8.32. The number of ether oxygens (including phenoxy) is 1. The summed E-state index contributed by atoms with van der Waals surface area (Å²) in [6.45, 7) is 3.45. The van der Waals surface area contributed by atoms with Gasteiger partial charge in [0, 0.05) is 17.9 Å². The number of nitrogens with zero attached hydrogens (tertiary/aromatic N) is 2. The van der Waals surface area contributed by atoms with Crippen LogP contribution in [0.25, 0.3) is 0 Å². The number of hydrogen-bond donors (Lipinski definition) is 1. The van der Waals surface area contributed by atoms with Crippen LogP contribution in [-0.4, -0.2) is 45.5 Å². The summed E-state index contributed by atoms with van der Waals surface area (Å²) in [5.74, 6) is -0.595. The monoisotopic (exact) mass is 373 g/mol. The molecule has 0 saturated carbocycles. The van der Waals surface area contributed by atoms with Crippen LogP contribution in [0.4, 0.5) is 5.69 Å². The van der Waals surface area contributed by atoms with E-state index < -0.39 is 24.0 Å². The Labute approximate surface area is 155 Å². The molecule has 136 valence electrons. The molecule has 2 aliphatic rings. The van der Waals surface area contributed by atoms with Crippen molar-refractivity contribution in [1.82, 2.24) is 4.90 Å². The first-order valence-corrected chi connectivity index (χ1v) is 9.30. The summed E-state index contributed by atoms with van der Waals surface area (Å²) in [6.07, 6.45) is 0.157. The molecule has 2 heterocycles. The molecule has 1 aromatic rings. The van der Waals surface area contributed by atoms with E-state index in [0.29, 0.717) is 23.4 Å². The SMILES string of the molecule is C[C@H](OC(=O)[C@H]1CS[C@@]2(C)CCC(=O)N12)C(=O)Nc1ccc(C#N)cc1. The van der Waals surface area contributed by atoms with Gasteiger partial charge in [-0.2, -0.15) is 5.26 Å². The van der Waals surface area contributed by atoms with Crippen molar-refractivity contribution in [1.29, 1.82) is 5.26 Å². The Balaban J connectivity index is 1.59. The Kier molecular flexibility index (Phi) is 4.92. The van der Waals surface area contributed by atoms with E-state index in [1.54, 1.807) is 40.9 Å². The minimum absolute atomic E-state index is 0.0471. The van der Waals surface area contributed by atoms with E-state index in [2.05, 4.69) is 5.32 Å². The van der Waals surface area contributed by atoms with Crippen LogP contribution in [0, 0.1) is 11.3 Å². The molecule has 8 heteroatoms. The van der Waals surface area contributed by atoms with E-state index in [4.69, 9.17) is 10.00 Å². The van der Waals surface area contributed by atoms with Gasteiger partial charge in [0.25, 0.3) is 5.91 Å². The molecule has 0 aliphatic carbocycles. The number of anilines is 1. The Hall–Kier alpha value is -2.53. The van der Waals surface area contributed by atoms with Gasteiger partial charge in [0.15, 0.2) is 6.10 Å². The maximum Gasteiger partial charge on any atom is 0.330 e. The molecule has 2 amide bonds. The summed E-state index contributed by atoms with van der Waals surface area (Å²) in [4.78, 5) is 38.1. The Morgan fingerprint density at radius 3 is 2.77 bits per heavy atom. The number of fused-ring (bicyclic) bond motifs is 1. The second-order valence-corrected chi connectivity index (χ2v) is 8.02. The van der Waals surface area contributed by atoms with Gasteiger partial charge in [-0.3, -0.25) is 9.59 Å². The van der Waals surface area contributed by atoms with Crippen molar-refractivity contribution < 1.29 is 19.1 Å². The minimum Gasteiger partial charge on any atom is -0.451 e. The van der Waals surface area contributed by atoms with Crippen molar-refractivity contribution in [2.45, 2.75) is 43.7 Å². The summed E-state index contributed by atoms with van der Waals surface area (Å²) in [5.41, 5.74) is 0.996. The van der Waals surface area contributed by atoms with Gasteiger partial charge in [-0.05, 0) is 44.5 Å². The quantitative estimate of drug-likeness (QED) is 0.809. The zero-order valence-corrected chi connectivity index (χ0v) is 15.3. The van der Waals surface area contributed by atoms with E-state index in [1.165, 1.54) is 6.92 Å². The van der Waals surface area contributed by atoms with Crippen LogP contribution in [0.3, 0.4) is 0 Å². The lowest BCUT2D eigenvalue weighted by Gasteiger charge is -2.29. The second kappa shape index (κ2) is 7.00. The van der Waals surface area contributed by atoms with E-state index >= 15 is 0 Å². The van der Waals surface area contributed by atoms with E-state index in [1.807, 2.05) is 13.0 Å². The summed E-state index contributed by atoms with van der Waals surface area (Å²) < 4.78 is 5.30. The zero-order valence-electron chi connectivity index (χ0n) is 14.5. The Morgan fingerprint density at radius 1 is 1.42 bits per heavy atom. The summed E-state index contributed by atoms with van der Waals surface area (Å²) in [5, 5.41) is 11.4. The van der Waals surface area contributed by atoms with Crippen molar-refractivity contribution in [3.8, 4) is 6.07 Å². The molecular formula is C18H19N3O4S. The number of esters is 1. The topological polar surface area (TPSA) is 99.5 Å². The fourth-order valence-corrected chi connectivity index (χ4v) is 4.59. The molecule has 1 aromatic carbocycles. The van der Waals surface area contributed by atoms with Gasteiger partial charge in [0.05, 0.1) is 16.5 Å². The largest absolute Gasteiger partial charge is 0.451 e. The maximum absolute atomic E-state index is 12.5. The van der Waals surface area contributed by atoms with Crippen molar-refractivity contribution in [2.75, 3.05) is 11.1 Å². The summed E-state index contributed by atoms with van der Waals surface area (Å²) in [6, 6.07) is 7.73. The maximum atomic E-state index is 12.5. The number of nitrogens with one attached hydrogen (secondary N) is 1. The fourth-order valence-electron chi connectivity index (χ4n) is 3.17. The van der Waals surface area contributed by atoms with Gasteiger partial charge < -0.3 is 15.0 Å². The van der Waals surface area contributed by atoms with E-state index in [-0.39, 0.29) is 10.8 Å². The smallest absolute Gasteiger partial charge is 0.330 e. The van der Waals surface area contributed by atoms with Gasteiger partial charge in [-0.1, -0.05) is 0 Å². The molecular weight excluding hydrogens is 354 g/mol. The van der Waals surface area contributed by atoms with Crippen molar-refractivity contribution in [3.05, 3.63) is 29.8 Å². The highest BCUT2D eigenvalue weighted by atomic mass is 32.2. The molecule has 7 nitrogen and oxygen atoms in total. The fraction of sp³-hybridized carbons (Fsp3) is 0.444. The molecule has 0 bridgehead atoms. The number of nitriles is 1. The number of thioether (sulfide) groups is 1. The highest BCUT2D eigenvalue weighted by Crippen LogP contribution is 2.47. The number of carbonyl (C=O) groups excluding carboxylic acids is 3. The number of benzene rings is 1. The number of amides is 2. The molecule has 0 radical (unpaired) electrons. The van der Waals surface area contributed by atoms with Crippen molar-refractivity contribution in [3.63, 3.8) is 0 Å². The molecule has 2 saturated heterocycles. The molecule has 2 fully saturated rings. The van der Waals surface area contributed by atoms with Crippen LogP contribution >= 0.6 is 11.8 Å². The van der Waals surface area contributed by atoms with Gasteiger partial charge in [-0.25, -0.2) is 4.79 Å². The van der Waals surface area contributed by atoms with E-state index in [9.17, 15) is 14.4 Å². The Morgan fingerprint density at radius 2 is 2.12 bits per heavy atom. The van der Waals surface area contributed by atoms with Crippen LogP contribution in [-0.2, 0) is 19.1 Å². The molecule has 3 rings (SSSR count). The lowest BCUT2D eigenvalue weighted by atomic mass is 10.2. The van der Waals surface area contributed by atoms with Gasteiger partial charge in [0.1, 0.15) is 6.04 Å². The molecule has 0 unspecified atom stereocenters. The average Bonchev–Trinajstić information content (AvgIpc) is 3.11. The van der Waals surface area contributed by atoms with Gasteiger partial charge >= 0.3 is 5.97 Å². The second-order valence-electron chi connectivity index (χ2n) is 6.52. The van der Waals surface area contributed by atoms with Crippen LogP contribution in [0.1, 0.15) is 32.3 Å². The standard InChI is InChI=1S/C18H19N3O4S/c1-11(16(23)20-13-5-3-12(9-19)4-6-13)25-17(24)14-10-26-18(2)8-7-15(22)21(14)18/h3-6,11,14H,7-8,10H2,1-2H3,(H,20,23)/t11-,14+,18-/m0/s1. The predicted octanol–water partition coefficient (Wildman–Crippen LogP) is 1.88. The first kappa shape index (κ1) is 18.3. The number of rotatable bonds is 4. The van der Waals surface area contributed by atoms with E-state index in [0.717, 1.165) is 6.42 Å². The highest BCUT2D eigenvalue weighted by Gasteiger charge is 2.53. The molecule has 2 aliphatic heterocycles. The van der Waals surface area contributed by atoms with Crippen LogP contribution in [0.5, 0.6) is 0 Å². The highest BCUT2D eigenvalue weighted by molar-refractivity contribution is 8.01. The molecule has 0 spiro atoms. The molecule has 26 heavy (non-hydrogen) atoms. The lowest BCUT2D eigenvalue weighted by molar-refractivity contribution is -0.160. The number of carbonyl (C=O) groups is 3. The molecule has 1 N–H and O–H groups in total. The average molecular weight is 373 g/mol. The third-order valence-corrected chi connectivity index (χ3v) is 6.17.